The Morgan fingerprint density at radius 2 is 1.47 bits per heavy atom. The molecular weight excluding hydrogens is 212 g/mol. The van der Waals surface area contributed by atoms with E-state index in [1.807, 2.05) is 38.1 Å². The first-order valence-corrected chi connectivity index (χ1v) is 5.62. The summed E-state index contributed by atoms with van der Waals surface area (Å²) >= 11 is 0. The Labute approximate surface area is 101 Å². The molecule has 0 fully saturated rings. The summed E-state index contributed by atoms with van der Waals surface area (Å²) in [5.74, 6) is 0.274. The Kier molecular flexibility index (Phi) is 3.16. The summed E-state index contributed by atoms with van der Waals surface area (Å²) < 4.78 is 0. The van der Waals surface area contributed by atoms with E-state index in [9.17, 15) is 5.11 Å². The van der Waals surface area contributed by atoms with Gasteiger partial charge < -0.3 is 10.2 Å². The van der Waals surface area contributed by atoms with Gasteiger partial charge in [-0.25, -0.2) is 0 Å². The summed E-state index contributed by atoms with van der Waals surface area (Å²) in [7, 11) is 0. The van der Waals surface area contributed by atoms with E-state index >= 15 is 0 Å². The number of aliphatic hydroxyl groups is 1. The van der Waals surface area contributed by atoms with Crippen molar-refractivity contribution in [1.82, 2.24) is 0 Å². The van der Waals surface area contributed by atoms with Crippen LogP contribution < -0.4 is 0 Å². The van der Waals surface area contributed by atoms with Crippen LogP contribution in [0.1, 0.15) is 16.7 Å². The summed E-state index contributed by atoms with van der Waals surface area (Å²) in [6, 6.07) is 11.2. The molecule has 2 rings (SSSR count). The number of hydrogen-bond acceptors (Lipinski definition) is 2. The van der Waals surface area contributed by atoms with Gasteiger partial charge in [0.25, 0.3) is 0 Å². The van der Waals surface area contributed by atoms with Gasteiger partial charge in [0.15, 0.2) is 0 Å². The van der Waals surface area contributed by atoms with Crippen molar-refractivity contribution < 1.29 is 10.2 Å². The van der Waals surface area contributed by atoms with E-state index in [0.29, 0.717) is 0 Å². The Hall–Kier alpha value is -1.80. The van der Waals surface area contributed by atoms with Crippen LogP contribution >= 0.6 is 0 Å². The molecule has 0 unspecified atom stereocenters. The maximum atomic E-state index is 9.29. The molecule has 2 aromatic rings. The van der Waals surface area contributed by atoms with E-state index < -0.39 is 0 Å². The molecule has 0 spiro atoms. The van der Waals surface area contributed by atoms with Crippen LogP contribution in [0.15, 0.2) is 36.4 Å². The van der Waals surface area contributed by atoms with Gasteiger partial charge in [0.05, 0.1) is 6.61 Å². The zero-order valence-corrected chi connectivity index (χ0v) is 10.1. The van der Waals surface area contributed by atoms with Gasteiger partial charge in [-0.15, -0.1) is 0 Å². The van der Waals surface area contributed by atoms with Crippen molar-refractivity contribution in [2.75, 3.05) is 0 Å². The maximum Gasteiger partial charge on any atom is 0.115 e. The van der Waals surface area contributed by atoms with E-state index in [1.165, 1.54) is 5.56 Å². The second kappa shape index (κ2) is 4.60. The van der Waals surface area contributed by atoms with Crippen LogP contribution in [-0.4, -0.2) is 10.2 Å². The lowest BCUT2D eigenvalue weighted by molar-refractivity contribution is 0.281. The van der Waals surface area contributed by atoms with Crippen LogP contribution in [0.4, 0.5) is 0 Å². The van der Waals surface area contributed by atoms with Gasteiger partial charge in [-0.2, -0.15) is 0 Å². The molecule has 0 aliphatic carbocycles. The maximum absolute atomic E-state index is 9.29. The highest BCUT2D eigenvalue weighted by Crippen LogP contribution is 2.29. The summed E-state index contributed by atoms with van der Waals surface area (Å²) in [5.41, 5.74) is 5.46. The molecule has 0 aliphatic rings. The summed E-state index contributed by atoms with van der Waals surface area (Å²) in [5, 5.41) is 18.4. The average molecular weight is 228 g/mol. The molecule has 0 amide bonds. The second-order valence-electron chi connectivity index (χ2n) is 4.31. The third-order valence-electron chi connectivity index (χ3n) is 2.93. The van der Waals surface area contributed by atoms with Gasteiger partial charge in [-0.1, -0.05) is 24.3 Å². The minimum atomic E-state index is 0.0670. The summed E-state index contributed by atoms with van der Waals surface area (Å²) in [4.78, 5) is 0. The smallest absolute Gasteiger partial charge is 0.115 e. The highest BCUT2D eigenvalue weighted by molar-refractivity contribution is 5.71. The van der Waals surface area contributed by atoms with Crippen molar-refractivity contribution in [3.05, 3.63) is 53.1 Å². The van der Waals surface area contributed by atoms with Crippen molar-refractivity contribution in [2.45, 2.75) is 20.5 Å². The van der Waals surface area contributed by atoms with Gasteiger partial charge in [0, 0.05) is 0 Å². The number of phenolic OH excluding ortho intramolecular Hbond substituents is 1. The summed E-state index contributed by atoms with van der Waals surface area (Å²) in [6.45, 7) is 4.14. The first kappa shape index (κ1) is 11.7. The second-order valence-corrected chi connectivity index (χ2v) is 4.31. The van der Waals surface area contributed by atoms with Crippen LogP contribution in [-0.2, 0) is 6.61 Å². The lowest BCUT2D eigenvalue weighted by atomic mass is 9.94. The molecule has 0 radical (unpaired) electrons. The van der Waals surface area contributed by atoms with Crippen LogP contribution in [0.25, 0.3) is 11.1 Å². The minimum Gasteiger partial charge on any atom is -0.508 e. The molecule has 2 aromatic carbocycles. The largest absolute Gasteiger partial charge is 0.508 e. The van der Waals surface area contributed by atoms with Gasteiger partial charge in [-0.3, -0.25) is 0 Å². The fourth-order valence-corrected chi connectivity index (χ4v) is 2.23. The molecule has 0 saturated carbocycles. The topological polar surface area (TPSA) is 40.5 Å². The van der Waals surface area contributed by atoms with E-state index in [2.05, 4.69) is 0 Å². The lowest BCUT2D eigenvalue weighted by Gasteiger charge is -2.12. The van der Waals surface area contributed by atoms with Crippen molar-refractivity contribution in [2.24, 2.45) is 0 Å². The van der Waals surface area contributed by atoms with Gasteiger partial charge >= 0.3 is 0 Å². The lowest BCUT2D eigenvalue weighted by Crippen LogP contribution is -1.92. The van der Waals surface area contributed by atoms with E-state index in [1.54, 1.807) is 12.1 Å². The molecule has 2 heteroatoms. The Bertz CT molecular complexity index is 504. The van der Waals surface area contributed by atoms with Crippen LogP contribution in [0.2, 0.25) is 0 Å². The van der Waals surface area contributed by atoms with E-state index in [4.69, 9.17) is 5.11 Å². The zero-order valence-electron chi connectivity index (χ0n) is 10.1. The number of benzene rings is 2. The standard InChI is InChI=1S/C15H16O2/c1-10-7-12(9-16)8-11(2)15(10)13-3-5-14(17)6-4-13/h3-8,16-17H,9H2,1-2H3. The molecule has 88 valence electrons. The van der Waals surface area contributed by atoms with E-state index in [0.717, 1.165) is 22.3 Å². The third kappa shape index (κ3) is 2.32. The molecule has 2 nitrogen and oxygen atoms in total. The Morgan fingerprint density at radius 1 is 0.941 bits per heavy atom. The highest BCUT2D eigenvalue weighted by atomic mass is 16.3. The fraction of sp³-hybridized carbons (Fsp3) is 0.200. The number of hydrogen-bond donors (Lipinski definition) is 2. The Balaban J connectivity index is 2.55. The average Bonchev–Trinajstić information content (AvgIpc) is 2.30. The van der Waals surface area contributed by atoms with E-state index in [-0.39, 0.29) is 12.4 Å². The van der Waals surface area contributed by atoms with Crippen molar-refractivity contribution >= 4 is 0 Å². The van der Waals surface area contributed by atoms with Gasteiger partial charge in [-0.05, 0) is 53.8 Å². The van der Waals surface area contributed by atoms with Crippen LogP contribution in [0, 0.1) is 13.8 Å². The van der Waals surface area contributed by atoms with Crippen LogP contribution in [0.3, 0.4) is 0 Å². The molecule has 2 N–H and O–H groups in total. The highest BCUT2D eigenvalue weighted by Gasteiger charge is 2.07. The number of aromatic hydroxyl groups is 1. The minimum absolute atomic E-state index is 0.0670. The van der Waals surface area contributed by atoms with Crippen molar-refractivity contribution in [3.8, 4) is 16.9 Å². The van der Waals surface area contributed by atoms with Crippen LogP contribution in [0.5, 0.6) is 5.75 Å². The monoisotopic (exact) mass is 228 g/mol. The normalized spacial score (nSPS) is 10.5. The molecular formula is C15H16O2. The van der Waals surface area contributed by atoms with Crippen molar-refractivity contribution in [1.29, 1.82) is 0 Å². The fourth-order valence-electron chi connectivity index (χ4n) is 2.23. The zero-order chi connectivity index (χ0) is 12.4. The molecule has 0 saturated heterocycles. The first-order valence-electron chi connectivity index (χ1n) is 5.62. The van der Waals surface area contributed by atoms with Crippen molar-refractivity contribution in [3.63, 3.8) is 0 Å². The molecule has 0 aromatic heterocycles. The first-order chi connectivity index (χ1) is 8.11. The third-order valence-corrected chi connectivity index (χ3v) is 2.93. The predicted octanol–water partition coefficient (Wildman–Crippen LogP) is 3.17. The quantitative estimate of drug-likeness (QED) is 0.828. The number of rotatable bonds is 2. The number of aliphatic hydroxyl groups excluding tert-OH is 1. The van der Waals surface area contributed by atoms with Gasteiger partial charge in [0.2, 0.25) is 0 Å². The molecule has 0 aliphatic heterocycles. The number of phenols is 1. The van der Waals surface area contributed by atoms with Gasteiger partial charge in [0.1, 0.15) is 5.75 Å². The Morgan fingerprint density at radius 3 is 1.94 bits per heavy atom. The molecule has 0 atom stereocenters. The molecule has 17 heavy (non-hydrogen) atoms. The molecule has 0 bridgehead atoms. The SMILES string of the molecule is Cc1cc(CO)cc(C)c1-c1ccc(O)cc1. The summed E-state index contributed by atoms with van der Waals surface area (Å²) in [6.07, 6.45) is 0. The predicted molar refractivity (Wildman–Crippen MR) is 68.9 cm³/mol. The molecule has 0 heterocycles. The number of aryl methyl sites for hydroxylation is 2.